The van der Waals surface area contributed by atoms with Crippen molar-refractivity contribution in [3.05, 3.63) is 23.8 Å². The lowest BCUT2D eigenvalue weighted by molar-refractivity contribution is 0.0943. The van der Waals surface area contributed by atoms with E-state index in [0.29, 0.717) is 43.1 Å². The van der Waals surface area contributed by atoms with Crippen LogP contribution in [0.4, 0.5) is 4.39 Å². The Balaban J connectivity index is 1.90. The molecule has 3 nitrogen and oxygen atoms in total. The lowest BCUT2D eigenvalue weighted by atomic mass is 9.79. The third-order valence-electron chi connectivity index (χ3n) is 4.00. The molecule has 0 spiro atoms. The van der Waals surface area contributed by atoms with Crippen LogP contribution >= 0.6 is 0 Å². The Morgan fingerprint density at radius 1 is 1.16 bits per heavy atom. The average Bonchev–Trinajstić information content (AvgIpc) is 2.62. The largest absolute Gasteiger partial charge is 0.490 e. The number of benzene rings is 1. The van der Waals surface area contributed by atoms with E-state index in [1.54, 1.807) is 6.07 Å². The van der Waals surface area contributed by atoms with Crippen LogP contribution < -0.4 is 15.2 Å². The summed E-state index contributed by atoms with van der Waals surface area (Å²) in [6.07, 6.45) is 3.55. The monoisotopic (exact) mass is 265 g/mol. The molecule has 1 heterocycles. The summed E-state index contributed by atoms with van der Waals surface area (Å²) in [4.78, 5) is 0. The van der Waals surface area contributed by atoms with E-state index in [-0.39, 0.29) is 6.04 Å². The predicted molar refractivity (Wildman–Crippen MR) is 71.3 cm³/mol. The van der Waals surface area contributed by atoms with Crippen LogP contribution in [0.2, 0.25) is 0 Å². The number of alkyl halides is 1. The minimum absolute atomic E-state index is 0.0465. The molecule has 1 saturated carbocycles. The van der Waals surface area contributed by atoms with E-state index in [4.69, 9.17) is 15.2 Å². The van der Waals surface area contributed by atoms with Crippen LogP contribution in [0.3, 0.4) is 0 Å². The number of fused-ring (bicyclic) bond motifs is 1. The van der Waals surface area contributed by atoms with Crippen molar-refractivity contribution >= 4 is 0 Å². The zero-order valence-corrected chi connectivity index (χ0v) is 11.0. The van der Waals surface area contributed by atoms with Crippen molar-refractivity contribution in [2.75, 3.05) is 13.2 Å². The molecule has 2 N–H and O–H groups in total. The molecule has 2 unspecified atom stereocenters. The molecule has 1 aliphatic carbocycles. The summed E-state index contributed by atoms with van der Waals surface area (Å²) < 4.78 is 26.3. The van der Waals surface area contributed by atoms with E-state index in [1.165, 1.54) is 0 Å². The molecule has 0 saturated heterocycles. The molecule has 0 aromatic heterocycles. The second-order valence-corrected chi connectivity index (χ2v) is 5.53. The van der Waals surface area contributed by atoms with Crippen molar-refractivity contribution in [3.63, 3.8) is 0 Å². The minimum atomic E-state index is -1.32. The maximum absolute atomic E-state index is 15.1. The van der Waals surface area contributed by atoms with E-state index >= 15 is 4.39 Å². The van der Waals surface area contributed by atoms with Gasteiger partial charge >= 0.3 is 0 Å². The van der Waals surface area contributed by atoms with Gasteiger partial charge in [0, 0.05) is 18.9 Å². The number of rotatable bonds is 1. The van der Waals surface area contributed by atoms with Gasteiger partial charge in [-0.25, -0.2) is 4.39 Å². The van der Waals surface area contributed by atoms with Crippen molar-refractivity contribution in [2.45, 2.75) is 43.8 Å². The van der Waals surface area contributed by atoms with Gasteiger partial charge in [0.2, 0.25) is 0 Å². The van der Waals surface area contributed by atoms with E-state index in [0.717, 1.165) is 19.3 Å². The summed E-state index contributed by atoms with van der Waals surface area (Å²) >= 11 is 0. The molecule has 0 amide bonds. The highest BCUT2D eigenvalue weighted by Gasteiger charge is 2.37. The lowest BCUT2D eigenvalue weighted by Gasteiger charge is -2.33. The van der Waals surface area contributed by atoms with Gasteiger partial charge in [0.15, 0.2) is 11.5 Å². The van der Waals surface area contributed by atoms with Crippen LogP contribution in [0.5, 0.6) is 11.5 Å². The lowest BCUT2D eigenvalue weighted by Crippen LogP contribution is -2.36. The van der Waals surface area contributed by atoms with Gasteiger partial charge in [-0.15, -0.1) is 0 Å². The maximum Gasteiger partial charge on any atom is 0.161 e. The molecule has 1 aliphatic heterocycles. The highest BCUT2D eigenvalue weighted by atomic mass is 19.1. The first-order valence-electron chi connectivity index (χ1n) is 7.02. The SMILES string of the molecule is NC1CCCC(F)(c2ccc3c(c2)OCCCO3)C1. The summed E-state index contributed by atoms with van der Waals surface area (Å²) in [5.74, 6) is 1.37. The van der Waals surface area contributed by atoms with Gasteiger partial charge in [-0.1, -0.05) is 6.07 Å². The van der Waals surface area contributed by atoms with Gasteiger partial charge in [0.25, 0.3) is 0 Å². The van der Waals surface area contributed by atoms with E-state index in [2.05, 4.69) is 0 Å². The summed E-state index contributed by atoms with van der Waals surface area (Å²) in [5.41, 5.74) is 5.27. The second-order valence-electron chi connectivity index (χ2n) is 5.53. The zero-order chi connectivity index (χ0) is 13.3. The molecular weight excluding hydrogens is 245 g/mol. The first-order valence-corrected chi connectivity index (χ1v) is 7.02. The summed E-state index contributed by atoms with van der Waals surface area (Å²) in [6, 6.07) is 5.37. The van der Waals surface area contributed by atoms with Crippen LogP contribution in [0, 0.1) is 0 Å². The Morgan fingerprint density at radius 2 is 1.95 bits per heavy atom. The van der Waals surface area contributed by atoms with Gasteiger partial charge in [0.05, 0.1) is 13.2 Å². The van der Waals surface area contributed by atoms with Gasteiger partial charge < -0.3 is 15.2 Å². The Morgan fingerprint density at radius 3 is 2.74 bits per heavy atom. The van der Waals surface area contributed by atoms with Crippen molar-refractivity contribution in [3.8, 4) is 11.5 Å². The maximum atomic E-state index is 15.1. The van der Waals surface area contributed by atoms with Crippen LogP contribution in [0.25, 0.3) is 0 Å². The highest BCUT2D eigenvalue weighted by Crippen LogP contribution is 2.43. The Hall–Kier alpha value is -1.29. The summed E-state index contributed by atoms with van der Waals surface area (Å²) in [6.45, 7) is 1.27. The van der Waals surface area contributed by atoms with Gasteiger partial charge in [-0.3, -0.25) is 0 Å². The number of nitrogens with two attached hydrogens (primary N) is 1. The van der Waals surface area contributed by atoms with Crippen molar-refractivity contribution in [1.29, 1.82) is 0 Å². The first-order chi connectivity index (χ1) is 9.17. The zero-order valence-electron chi connectivity index (χ0n) is 11.0. The second kappa shape index (κ2) is 5.00. The fraction of sp³-hybridized carbons (Fsp3) is 0.600. The van der Waals surface area contributed by atoms with E-state index in [9.17, 15) is 0 Å². The van der Waals surface area contributed by atoms with Crippen molar-refractivity contribution in [2.24, 2.45) is 5.73 Å². The molecule has 0 bridgehead atoms. The first kappa shape index (κ1) is 12.7. The quantitative estimate of drug-likeness (QED) is 0.849. The number of ether oxygens (including phenoxy) is 2. The van der Waals surface area contributed by atoms with Gasteiger partial charge in [0.1, 0.15) is 5.67 Å². The third-order valence-corrected chi connectivity index (χ3v) is 4.00. The molecule has 1 aromatic carbocycles. The molecule has 2 atom stereocenters. The van der Waals surface area contributed by atoms with Gasteiger partial charge in [-0.2, -0.15) is 0 Å². The van der Waals surface area contributed by atoms with Crippen LogP contribution in [0.15, 0.2) is 18.2 Å². The standard InChI is InChI=1S/C15H20FNO2/c16-15(6-1-3-12(17)10-15)11-4-5-13-14(9-11)19-8-2-7-18-13/h4-5,9,12H,1-3,6-8,10,17H2. The highest BCUT2D eigenvalue weighted by molar-refractivity contribution is 5.45. The smallest absolute Gasteiger partial charge is 0.161 e. The molecule has 4 heteroatoms. The molecule has 0 radical (unpaired) electrons. The molecule has 1 fully saturated rings. The fourth-order valence-corrected chi connectivity index (χ4v) is 2.97. The number of hydrogen-bond acceptors (Lipinski definition) is 3. The van der Waals surface area contributed by atoms with Crippen LogP contribution in [-0.4, -0.2) is 19.3 Å². The normalized spacial score (nSPS) is 30.7. The Bertz CT molecular complexity index is 465. The molecule has 104 valence electrons. The van der Waals surface area contributed by atoms with E-state index < -0.39 is 5.67 Å². The Kier molecular flexibility index (Phi) is 3.35. The topological polar surface area (TPSA) is 44.5 Å². The molecule has 2 aliphatic rings. The van der Waals surface area contributed by atoms with Crippen molar-refractivity contribution < 1.29 is 13.9 Å². The minimum Gasteiger partial charge on any atom is -0.490 e. The van der Waals surface area contributed by atoms with Crippen LogP contribution in [0.1, 0.15) is 37.7 Å². The van der Waals surface area contributed by atoms with E-state index in [1.807, 2.05) is 12.1 Å². The molecular formula is C15H20FNO2. The van der Waals surface area contributed by atoms with Crippen LogP contribution in [-0.2, 0) is 5.67 Å². The molecule has 3 rings (SSSR count). The average molecular weight is 265 g/mol. The van der Waals surface area contributed by atoms with Crippen molar-refractivity contribution in [1.82, 2.24) is 0 Å². The predicted octanol–water partition coefficient (Wildman–Crippen LogP) is 2.91. The number of halogens is 1. The molecule has 19 heavy (non-hydrogen) atoms. The third kappa shape index (κ3) is 2.54. The fourth-order valence-electron chi connectivity index (χ4n) is 2.97. The van der Waals surface area contributed by atoms with Gasteiger partial charge in [-0.05, 0) is 37.0 Å². The summed E-state index contributed by atoms with van der Waals surface area (Å²) in [5, 5.41) is 0. The summed E-state index contributed by atoms with van der Waals surface area (Å²) in [7, 11) is 0. The number of hydrogen-bond donors (Lipinski definition) is 1. The Labute approximate surface area is 112 Å². The molecule has 1 aromatic rings.